The molecule has 0 aliphatic carbocycles. The van der Waals surface area contributed by atoms with Gasteiger partial charge in [0.1, 0.15) is 0 Å². The van der Waals surface area contributed by atoms with Crippen LogP contribution < -0.4 is 5.32 Å². The summed E-state index contributed by atoms with van der Waals surface area (Å²) in [5, 5.41) is 3.67. The molecule has 1 N–H and O–H groups in total. The first kappa shape index (κ1) is 17.5. The lowest BCUT2D eigenvalue weighted by atomic mass is 10.0. The van der Waals surface area contributed by atoms with Crippen molar-refractivity contribution in [3.05, 3.63) is 71.8 Å². The van der Waals surface area contributed by atoms with E-state index < -0.39 is 0 Å². The highest BCUT2D eigenvalue weighted by Gasteiger charge is 2.08. The topological polar surface area (TPSA) is 12.0 Å². The van der Waals surface area contributed by atoms with Gasteiger partial charge in [0, 0.05) is 12.1 Å². The first-order valence-electron chi connectivity index (χ1n) is 8.10. The molecule has 2 aromatic carbocycles. The zero-order valence-corrected chi connectivity index (χ0v) is 13.8. The second kappa shape index (κ2) is 10.2. The van der Waals surface area contributed by atoms with Crippen LogP contribution in [-0.4, -0.2) is 6.04 Å². The second-order valence-corrected chi connectivity index (χ2v) is 5.22. The number of rotatable bonds is 6. The van der Waals surface area contributed by atoms with E-state index in [2.05, 4.69) is 79.8 Å². The van der Waals surface area contributed by atoms with E-state index in [0.717, 1.165) is 6.42 Å². The van der Waals surface area contributed by atoms with Crippen molar-refractivity contribution in [3.63, 3.8) is 0 Å². The predicted octanol–water partition coefficient (Wildman–Crippen LogP) is 5.38. The van der Waals surface area contributed by atoms with Crippen molar-refractivity contribution in [2.24, 2.45) is 0 Å². The first-order valence-corrected chi connectivity index (χ1v) is 8.10. The van der Waals surface area contributed by atoms with E-state index in [4.69, 9.17) is 0 Å². The third-order valence-corrected chi connectivity index (χ3v) is 3.54. The maximum atomic E-state index is 3.67. The lowest BCUT2D eigenvalue weighted by molar-refractivity contribution is 0.456. The van der Waals surface area contributed by atoms with Gasteiger partial charge in [-0.25, -0.2) is 0 Å². The highest BCUT2D eigenvalue weighted by atomic mass is 14.9. The van der Waals surface area contributed by atoms with Crippen LogP contribution in [0.3, 0.4) is 0 Å². The average Bonchev–Trinajstić information content (AvgIpc) is 2.56. The molecule has 0 aromatic heterocycles. The molecule has 2 atom stereocenters. The third-order valence-electron chi connectivity index (χ3n) is 3.54. The molecule has 1 heteroatoms. The molecule has 0 amide bonds. The smallest absolute Gasteiger partial charge is 0.0294 e. The van der Waals surface area contributed by atoms with Crippen LogP contribution in [0.2, 0.25) is 0 Å². The Morgan fingerprint density at radius 3 is 1.90 bits per heavy atom. The fraction of sp³-hybridized carbons (Fsp3) is 0.400. The van der Waals surface area contributed by atoms with Crippen molar-refractivity contribution in [1.82, 2.24) is 5.32 Å². The van der Waals surface area contributed by atoms with E-state index in [9.17, 15) is 0 Å². The van der Waals surface area contributed by atoms with Gasteiger partial charge in [-0.15, -0.1) is 0 Å². The van der Waals surface area contributed by atoms with Gasteiger partial charge in [0.25, 0.3) is 0 Å². The summed E-state index contributed by atoms with van der Waals surface area (Å²) >= 11 is 0. The quantitative estimate of drug-likeness (QED) is 0.750. The molecule has 0 spiro atoms. The molecule has 0 bridgehead atoms. The van der Waals surface area contributed by atoms with E-state index in [1.165, 1.54) is 17.5 Å². The predicted molar refractivity (Wildman–Crippen MR) is 93.6 cm³/mol. The Morgan fingerprint density at radius 2 is 1.33 bits per heavy atom. The maximum absolute atomic E-state index is 3.67. The molecule has 0 aliphatic heterocycles. The molecule has 0 saturated heterocycles. The SMILES string of the molecule is CC.C[C@@H](CCc1ccccc1)N[C@H](C)c1ccccc1. The summed E-state index contributed by atoms with van der Waals surface area (Å²) in [6, 6.07) is 22.3. The van der Waals surface area contributed by atoms with E-state index >= 15 is 0 Å². The number of aryl methyl sites for hydroxylation is 1. The van der Waals surface area contributed by atoms with Gasteiger partial charge in [-0.1, -0.05) is 74.5 Å². The fourth-order valence-electron chi connectivity index (χ4n) is 2.38. The number of nitrogens with one attached hydrogen (secondary N) is 1. The minimum absolute atomic E-state index is 0.409. The number of benzene rings is 2. The van der Waals surface area contributed by atoms with E-state index in [1.807, 2.05) is 13.8 Å². The maximum Gasteiger partial charge on any atom is 0.0294 e. The van der Waals surface area contributed by atoms with Crippen molar-refractivity contribution >= 4 is 0 Å². The van der Waals surface area contributed by atoms with Crippen LogP contribution in [0.25, 0.3) is 0 Å². The Labute approximate surface area is 130 Å². The summed E-state index contributed by atoms with van der Waals surface area (Å²) in [6.07, 6.45) is 2.30. The zero-order valence-electron chi connectivity index (χ0n) is 13.8. The summed E-state index contributed by atoms with van der Waals surface area (Å²) < 4.78 is 0. The number of hydrogen-bond donors (Lipinski definition) is 1. The van der Waals surface area contributed by atoms with Crippen LogP contribution in [0.4, 0.5) is 0 Å². The third kappa shape index (κ3) is 6.59. The Hall–Kier alpha value is -1.60. The van der Waals surface area contributed by atoms with Gasteiger partial charge in [-0.3, -0.25) is 0 Å². The van der Waals surface area contributed by atoms with Crippen molar-refractivity contribution < 1.29 is 0 Å². The number of hydrogen-bond acceptors (Lipinski definition) is 1. The largest absolute Gasteiger partial charge is 0.308 e. The fourth-order valence-corrected chi connectivity index (χ4v) is 2.38. The molecular weight excluding hydrogens is 254 g/mol. The summed E-state index contributed by atoms with van der Waals surface area (Å²) in [4.78, 5) is 0. The highest BCUT2D eigenvalue weighted by molar-refractivity contribution is 5.18. The van der Waals surface area contributed by atoms with Crippen molar-refractivity contribution in [1.29, 1.82) is 0 Å². The van der Waals surface area contributed by atoms with Gasteiger partial charge in [0.05, 0.1) is 0 Å². The molecule has 2 aromatic rings. The molecule has 0 saturated carbocycles. The zero-order chi connectivity index (χ0) is 15.5. The normalized spacial score (nSPS) is 13.0. The minimum atomic E-state index is 0.409. The summed E-state index contributed by atoms with van der Waals surface area (Å²) in [7, 11) is 0. The summed E-state index contributed by atoms with van der Waals surface area (Å²) in [6.45, 7) is 8.50. The van der Waals surface area contributed by atoms with Crippen molar-refractivity contribution in [2.45, 2.75) is 52.6 Å². The van der Waals surface area contributed by atoms with Gasteiger partial charge in [-0.2, -0.15) is 0 Å². The second-order valence-electron chi connectivity index (χ2n) is 5.22. The lowest BCUT2D eigenvalue weighted by Gasteiger charge is -2.20. The molecule has 114 valence electrons. The Morgan fingerprint density at radius 1 is 0.810 bits per heavy atom. The Kier molecular flexibility index (Phi) is 8.45. The van der Waals surface area contributed by atoms with Crippen LogP contribution >= 0.6 is 0 Å². The van der Waals surface area contributed by atoms with Crippen LogP contribution in [0, 0.1) is 0 Å². The van der Waals surface area contributed by atoms with Gasteiger partial charge in [0.2, 0.25) is 0 Å². The van der Waals surface area contributed by atoms with Crippen molar-refractivity contribution in [3.8, 4) is 0 Å². The van der Waals surface area contributed by atoms with E-state index in [-0.39, 0.29) is 0 Å². The molecular formula is C20H29N. The molecule has 0 fully saturated rings. The van der Waals surface area contributed by atoms with Gasteiger partial charge < -0.3 is 5.32 Å². The molecule has 2 rings (SSSR count). The van der Waals surface area contributed by atoms with Crippen LogP contribution in [0.5, 0.6) is 0 Å². The van der Waals surface area contributed by atoms with Gasteiger partial charge in [-0.05, 0) is 37.8 Å². The van der Waals surface area contributed by atoms with Crippen LogP contribution in [0.15, 0.2) is 60.7 Å². The van der Waals surface area contributed by atoms with Gasteiger partial charge in [0.15, 0.2) is 0 Å². The van der Waals surface area contributed by atoms with Crippen molar-refractivity contribution in [2.75, 3.05) is 0 Å². The summed E-state index contributed by atoms with van der Waals surface area (Å²) in [5.41, 5.74) is 2.78. The molecule has 21 heavy (non-hydrogen) atoms. The van der Waals surface area contributed by atoms with E-state index in [1.54, 1.807) is 0 Å². The van der Waals surface area contributed by atoms with Crippen LogP contribution in [0.1, 0.15) is 51.3 Å². The lowest BCUT2D eigenvalue weighted by Crippen LogP contribution is -2.29. The van der Waals surface area contributed by atoms with Crippen LogP contribution in [-0.2, 0) is 6.42 Å². The Bertz CT molecular complexity index is 464. The molecule has 0 heterocycles. The Balaban J connectivity index is 0.00000106. The monoisotopic (exact) mass is 283 g/mol. The molecule has 0 radical (unpaired) electrons. The first-order chi connectivity index (χ1) is 10.3. The van der Waals surface area contributed by atoms with E-state index in [0.29, 0.717) is 12.1 Å². The molecule has 0 unspecified atom stereocenters. The summed E-state index contributed by atoms with van der Waals surface area (Å²) in [5.74, 6) is 0. The van der Waals surface area contributed by atoms with Gasteiger partial charge >= 0.3 is 0 Å². The molecule has 0 aliphatic rings. The standard InChI is InChI=1S/C18H23N.C2H6/c1-15(13-14-17-9-5-3-6-10-17)19-16(2)18-11-7-4-8-12-18;1-2/h3-12,15-16,19H,13-14H2,1-2H3;1-2H3/t15-,16+;/m0./s1. The molecule has 1 nitrogen and oxygen atoms in total. The minimum Gasteiger partial charge on any atom is -0.308 e. The highest BCUT2D eigenvalue weighted by Crippen LogP contribution is 2.13. The average molecular weight is 283 g/mol.